The highest BCUT2D eigenvalue weighted by atomic mass is 79.9. The largest absolute Gasteiger partial charge is 0.491 e. The van der Waals surface area contributed by atoms with E-state index < -0.39 is 37.0 Å². The maximum atomic E-state index is 13.2. The fraction of sp³-hybridized carbons (Fsp3) is 0.500. The molecule has 44 heavy (non-hydrogen) atoms. The lowest BCUT2D eigenvalue weighted by Crippen LogP contribution is -2.65. The van der Waals surface area contributed by atoms with Crippen molar-refractivity contribution in [3.05, 3.63) is 87.3 Å². The standard InChI is InChI=1S/C34H46BrNO7Si/c1-33(2,44(40,24-14-8-6-9-15-24)25-16-10-7-11-17-25)19-13-20-34(3)31(39)27(18-12-21-37)36-22-26(35)29(38)30(42-5)28(36)32(34)43-23-41-4/h6-11,14-17,22,27,31-32,37,39-40H,12-13,18-21,23H2,1-5H3. The molecule has 0 bridgehead atoms. The van der Waals surface area contributed by atoms with Gasteiger partial charge in [0.25, 0.3) is 8.32 Å². The number of rotatable bonds is 14. The molecule has 4 atom stereocenters. The fourth-order valence-corrected chi connectivity index (χ4v) is 11.2. The van der Waals surface area contributed by atoms with E-state index in [2.05, 4.69) is 29.8 Å². The maximum absolute atomic E-state index is 13.2. The van der Waals surface area contributed by atoms with E-state index in [1.165, 1.54) is 14.2 Å². The molecule has 0 saturated carbocycles. The molecule has 1 aliphatic heterocycles. The zero-order chi connectivity index (χ0) is 32.1. The third kappa shape index (κ3) is 6.35. The smallest absolute Gasteiger partial charge is 0.258 e. The number of hydrogen-bond acceptors (Lipinski definition) is 7. The summed E-state index contributed by atoms with van der Waals surface area (Å²) in [5, 5.41) is 23.2. The van der Waals surface area contributed by atoms with Crippen LogP contribution in [-0.2, 0) is 9.47 Å². The molecule has 0 amide bonds. The van der Waals surface area contributed by atoms with Gasteiger partial charge in [-0.05, 0) is 57.0 Å². The van der Waals surface area contributed by atoms with Gasteiger partial charge in [-0.1, -0.05) is 87.9 Å². The molecule has 1 aromatic heterocycles. The van der Waals surface area contributed by atoms with Crippen molar-refractivity contribution in [1.29, 1.82) is 0 Å². The van der Waals surface area contributed by atoms with Crippen LogP contribution in [0.1, 0.15) is 70.7 Å². The highest BCUT2D eigenvalue weighted by molar-refractivity contribution is 9.10. The van der Waals surface area contributed by atoms with Crippen molar-refractivity contribution >= 4 is 34.6 Å². The first-order chi connectivity index (χ1) is 21.0. The fourth-order valence-electron chi connectivity index (χ4n) is 7.06. The normalized spacial score (nSPS) is 22.1. The van der Waals surface area contributed by atoms with Crippen LogP contribution in [0.3, 0.4) is 0 Å². The summed E-state index contributed by atoms with van der Waals surface area (Å²) in [5.41, 5.74) is -0.596. The third-order valence-electron chi connectivity index (χ3n) is 9.53. The zero-order valence-corrected chi connectivity index (χ0v) is 28.9. The van der Waals surface area contributed by atoms with Gasteiger partial charge in [-0.15, -0.1) is 0 Å². The molecule has 2 aromatic carbocycles. The quantitative estimate of drug-likeness (QED) is 0.167. The number of nitrogens with zero attached hydrogens (tertiary/aromatic N) is 1. The monoisotopic (exact) mass is 687 g/mol. The van der Waals surface area contributed by atoms with Crippen LogP contribution in [-0.4, -0.2) is 61.6 Å². The Morgan fingerprint density at radius 3 is 2.14 bits per heavy atom. The van der Waals surface area contributed by atoms with Crippen LogP contribution < -0.4 is 20.5 Å². The summed E-state index contributed by atoms with van der Waals surface area (Å²) >= 11 is 3.37. The predicted octanol–water partition coefficient (Wildman–Crippen LogP) is 4.68. The average Bonchev–Trinajstić information content (AvgIpc) is 3.02. The second-order valence-electron chi connectivity index (χ2n) is 12.6. The Morgan fingerprint density at radius 1 is 1.02 bits per heavy atom. The van der Waals surface area contributed by atoms with E-state index >= 15 is 0 Å². The number of aliphatic hydroxyl groups excluding tert-OH is 2. The molecular formula is C34H46BrNO7Si. The van der Waals surface area contributed by atoms with Gasteiger partial charge in [0.15, 0.2) is 5.75 Å². The molecule has 0 fully saturated rings. The molecule has 8 nitrogen and oxygen atoms in total. The Morgan fingerprint density at radius 2 is 1.61 bits per heavy atom. The lowest BCUT2D eigenvalue weighted by molar-refractivity contribution is -0.177. The highest BCUT2D eigenvalue weighted by Crippen LogP contribution is 2.54. The van der Waals surface area contributed by atoms with Gasteiger partial charge in [-0.3, -0.25) is 4.79 Å². The topological polar surface area (TPSA) is 110 Å². The van der Waals surface area contributed by atoms with Crippen LogP contribution in [0, 0.1) is 5.41 Å². The van der Waals surface area contributed by atoms with Crippen molar-refractivity contribution in [2.24, 2.45) is 5.41 Å². The second-order valence-corrected chi connectivity index (χ2v) is 17.4. The number of hydrogen-bond donors (Lipinski definition) is 3. The molecule has 0 aliphatic carbocycles. The third-order valence-corrected chi connectivity index (χ3v) is 14.6. The number of halogens is 1. The summed E-state index contributed by atoms with van der Waals surface area (Å²) in [6.45, 7) is 6.20. The first-order valence-electron chi connectivity index (χ1n) is 15.2. The van der Waals surface area contributed by atoms with Gasteiger partial charge in [-0.2, -0.15) is 0 Å². The lowest BCUT2D eigenvalue weighted by Gasteiger charge is -2.51. The molecule has 0 radical (unpaired) electrons. The van der Waals surface area contributed by atoms with Crippen LogP contribution >= 0.6 is 15.9 Å². The lowest BCUT2D eigenvalue weighted by atomic mass is 9.67. The first-order valence-corrected chi connectivity index (χ1v) is 17.9. The number of benzene rings is 2. The molecule has 0 spiro atoms. The molecule has 240 valence electrons. The van der Waals surface area contributed by atoms with Gasteiger partial charge < -0.3 is 33.8 Å². The minimum absolute atomic E-state index is 0.0201. The molecule has 10 heteroatoms. The number of aromatic nitrogens is 1. The molecule has 3 aromatic rings. The Kier molecular flexibility index (Phi) is 11.3. The maximum Gasteiger partial charge on any atom is 0.258 e. The van der Waals surface area contributed by atoms with E-state index in [-0.39, 0.29) is 24.6 Å². The van der Waals surface area contributed by atoms with Crippen molar-refractivity contribution in [1.82, 2.24) is 4.57 Å². The van der Waals surface area contributed by atoms with E-state index in [0.29, 0.717) is 42.3 Å². The van der Waals surface area contributed by atoms with E-state index in [4.69, 9.17) is 14.2 Å². The van der Waals surface area contributed by atoms with Crippen molar-refractivity contribution in [2.45, 2.75) is 76.2 Å². The minimum Gasteiger partial charge on any atom is -0.491 e. The van der Waals surface area contributed by atoms with Crippen molar-refractivity contribution in [3.63, 3.8) is 0 Å². The molecular weight excluding hydrogens is 642 g/mol. The Hall–Kier alpha value is -2.31. The van der Waals surface area contributed by atoms with Crippen molar-refractivity contribution in [3.8, 4) is 5.75 Å². The van der Waals surface area contributed by atoms with Crippen molar-refractivity contribution in [2.75, 3.05) is 27.6 Å². The van der Waals surface area contributed by atoms with Gasteiger partial charge in [0, 0.05) is 25.3 Å². The van der Waals surface area contributed by atoms with Crippen LogP contribution in [0.5, 0.6) is 5.75 Å². The Bertz CT molecular complexity index is 1400. The van der Waals surface area contributed by atoms with E-state index in [1.807, 2.05) is 72.2 Å². The molecule has 4 rings (SSSR count). The summed E-state index contributed by atoms with van der Waals surface area (Å²) in [5.74, 6) is 0.155. The summed E-state index contributed by atoms with van der Waals surface area (Å²) in [6, 6.07) is 19.5. The van der Waals surface area contributed by atoms with Gasteiger partial charge >= 0.3 is 0 Å². The van der Waals surface area contributed by atoms with Gasteiger partial charge in [0.1, 0.15) is 12.9 Å². The summed E-state index contributed by atoms with van der Waals surface area (Å²) in [6.07, 6.45) is 2.97. The number of pyridine rings is 1. The molecule has 4 unspecified atom stereocenters. The average molecular weight is 689 g/mol. The van der Waals surface area contributed by atoms with Gasteiger partial charge in [0.2, 0.25) is 5.43 Å². The number of ether oxygens (including phenoxy) is 3. The molecule has 0 saturated heterocycles. The molecule has 3 N–H and O–H groups in total. The number of fused-ring (bicyclic) bond motifs is 1. The highest BCUT2D eigenvalue weighted by Gasteiger charge is 2.54. The van der Waals surface area contributed by atoms with Gasteiger partial charge in [0.05, 0.1) is 29.4 Å². The SMILES string of the molecule is COCOC1c2c(OC)c(=O)c(Br)cn2C(CCCO)C(O)C1(C)CCCC(C)(C)[Si](O)(c1ccccc1)c1ccccc1. The van der Waals surface area contributed by atoms with E-state index in [0.717, 1.165) is 10.4 Å². The van der Waals surface area contributed by atoms with Crippen LogP contribution in [0.25, 0.3) is 0 Å². The van der Waals surface area contributed by atoms with Crippen LogP contribution in [0.2, 0.25) is 5.04 Å². The number of aliphatic hydroxyl groups is 2. The van der Waals surface area contributed by atoms with Crippen molar-refractivity contribution < 1.29 is 29.2 Å². The van der Waals surface area contributed by atoms with Gasteiger partial charge in [-0.25, -0.2) is 0 Å². The molecule has 1 aliphatic rings. The first kappa shape index (κ1) is 34.6. The summed E-state index contributed by atoms with van der Waals surface area (Å²) in [7, 11) is -0.227. The van der Waals surface area contributed by atoms with E-state index in [9.17, 15) is 19.8 Å². The summed E-state index contributed by atoms with van der Waals surface area (Å²) in [4.78, 5) is 25.9. The second kappa shape index (κ2) is 14.4. The molecule has 2 heterocycles. The summed E-state index contributed by atoms with van der Waals surface area (Å²) < 4.78 is 19.5. The predicted molar refractivity (Wildman–Crippen MR) is 178 cm³/mol. The van der Waals surface area contributed by atoms with E-state index in [1.54, 1.807) is 6.20 Å². The zero-order valence-electron chi connectivity index (χ0n) is 26.3. The Balaban J connectivity index is 1.74. The van der Waals surface area contributed by atoms with Crippen LogP contribution in [0.4, 0.5) is 0 Å². The van der Waals surface area contributed by atoms with Crippen LogP contribution in [0.15, 0.2) is 76.1 Å². The Labute approximate surface area is 269 Å². The minimum atomic E-state index is -3.22. The number of methoxy groups -OCH3 is 2.